The molecule has 1 amide bonds. The van der Waals surface area contributed by atoms with E-state index in [4.69, 9.17) is 14.0 Å². The fourth-order valence-corrected chi connectivity index (χ4v) is 7.26. The summed E-state index contributed by atoms with van der Waals surface area (Å²) >= 11 is 0. The molecular formula is C40H77NO11S. The van der Waals surface area contributed by atoms with Crippen molar-refractivity contribution >= 4 is 16.3 Å². The lowest BCUT2D eigenvalue weighted by molar-refractivity contribution is -0.298. The third kappa shape index (κ3) is 25.6. The maximum Gasteiger partial charge on any atom is 0.397 e. The molecule has 1 fully saturated rings. The Morgan fingerprint density at radius 1 is 0.736 bits per heavy atom. The normalized spacial score (nSPS) is 22.0. The van der Waals surface area contributed by atoms with E-state index in [1.165, 1.54) is 116 Å². The number of allylic oxidation sites excluding steroid dienone is 1. The fourth-order valence-electron chi connectivity index (χ4n) is 6.75. The first-order chi connectivity index (χ1) is 25.5. The van der Waals surface area contributed by atoms with E-state index in [1.807, 2.05) is 6.08 Å². The molecule has 314 valence electrons. The molecule has 0 unspecified atom stereocenters. The number of hydrogen-bond acceptors (Lipinski definition) is 10. The van der Waals surface area contributed by atoms with Gasteiger partial charge in [-0.3, -0.25) is 9.35 Å². The van der Waals surface area contributed by atoms with E-state index in [0.29, 0.717) is 6.42 Å². The van der Waals surface area contributed by atoms with Crippen molar-refractivity contribution in [1.29, 1.82) is 0 Å². The quantitative estimate of drug-likeness (QED) is 0.0216. The molecule has 0 saturated carbocycles. The third-order valence-corrected chi connectivity index (χ3v) is 10.5. The van der Waals surface area contributed by atoms with Crippen LogP contribution in [0.2, 0.25) is 0 Å². The highest BCUT2D eigenvalue weighted by atomic mass is 32.3. The summed E-state index contributed by atoms with van der Waals surface area (Å²) in [6.07, 6.45) is 23.9. The van der Waals surface area contributed by atoms with Crippen LogP contribution in [0.1, 0.15) is 181 Å². The second kappa shape index (κ2) is 32.0. The van der Waals surface area contributed by atoms with Gasteiger partial charge in [0, 0.05) is 6.42 Å². The first-order valence-electron chi connectivity index (χ1n) is 21.1. The number of aliphatic hydroxyl groups excluding tert-OH is 4. The standard InChI is InChI=1S/C40H77NO11S/c1-3-5-7-9-11-13-15-17-19-21-23-25-27-29-34(43)33(32-50-40-38(46)39(52-53(47,48)49)37(45)35(31-42)51-40)41-36(44)30-28-26-24-22-20-18-16-14-12-10-8-6-4-2/h27,29,33-35,37-40,42-43,45-46H,3-26,28,30-32H2,1-2H3,(H,41,44)(H,47,48,49)/b29-27+/t33-,34-,35-,37+,38-,39+,40-/m1/s1. The first kappa shape index (κ1) is 49.9. The number of amides is 1. The molecule has 1 heterocycles. The second-order valence-electron chi connectivity index (χ2n) is 14.9. The van der Waals surface area contributed by atoms with Gasteiger partial charge in [-0.25, -0.2) is 4.18 Å². The average molecular weight is 780 g/mol. The molecule has 12 nitrogen and oxygen atoms in total. The maximum absolute atomic E-state index is 13.0. The molecule has 1 aliphatic heterocycles. The summed E-state index contributed by atoms with van der Waals surface area (Å²) in [6, 6.07) is -0.936. The van der Waals surface area contributed by atoms with Gasteiger partial charge in [0.1, 0.15) is 24.4 Å². The molecule has 1 rings (SSSR count). The topological polar surface area (TPSA) is 192 Å². The number of hydrogen-bond donors (Lipinski definition) is 6. The molecule has 0 bridgehead atoms. The third-order valence-electron chi connectivity index (χ3n) is 10.1. The lowest BCUT2D eigenvalue weighted by atomic mass is 9.99. The molecule has 1 saturated heterocycles. The maximum atomic E-state index is 13.0. The van der Waals surface area contributed by atoms with Crippen molar-refractivity contribution in [1.82, 2.24) is 5.32 Å². The summed E-state index contributed by atoms with van der Waals surface area (Å²) in [5.74, 6) is -0.263. The molecule has 53 heavy (non-hydrogen) atoms. The molecule has 0 aromatic rings. The van der Waals surface area contributed by atoms with Gasteiger partial charge in [0.2, 0.25) is 5.91 Å². The predicted molar refractivity (Wildman–Crippen MR) is 209 cm³/mol. The number of aliphatic hydroxyl groups is 4. The van der Waals surface area contributed by atoms with Crippen LogP contribution in [0.4, 0.5) is 0 Å². The van der Waals surface area contributed by atoms with E-state index < -0.39 is 59.9 Å². The van der Waals surface area contributed by atoms with Crippen molar-refractivity contribution in [2.24, 2.45) is 0 Å². The highest BCUT2D eigenvalue weighted by molar-refractivity contribution is 7.80. The summed E-state index contributed by atoms with van der Waals surface area (Å²) in [5, 5.41) is 44.5. The van der Waals surface area contributed by atoms with Gasteiger partial charge < -0.3 is 35.2 Å². The Balaban J connectivity index is 2.59. The molecule has 0 radical (unpaired) electrons. The zero-order valence-electron chi connectivity index (χ0n) is 33.1. The molecule has 0 aromatic heterocycles. The number of rotatable bonds is 35. The smallest absolute Gasteiger partial charge is 0.394 e. The second-order valence-corrected chi connectivity index (χ2v) is 16.0. The highest BCUT2D eigenvalue weighted by Crippen LogP contribution is 2.26. The van der Waals surface area contributed by atoms with Gasteiger partial charge in [-0.15, -0.1) is 0 Å². The van der Waals surface area contributed by atoms with Crippen LogP contribution in [-0.2, 0) is 28.9 Å². The largest absolute Gasteiger partial charge is 0.397 e. The van der Waals surface area contributed by atoms with Crippen molar-refractivity contribution in [3.05, 3.63) is 12.2 Å². The van der Waals surface area contributed by atoms with Crippen molar-refractivity contribution in [2.45, 2.75) is 224 Å². The summed E-state index contributed by atoms with van der Waals surface area (Å²) < 4.78 is 47.4. The number of ether oxygens (including phenoxy) is 2. The Hall–Kier alpha value is -1.16. The fraction of sp³-hybridized carbons (Fsp3) is 0.925. The monoisotopic (exact) mass is 780 g/mol. The Labute approximate surface area is 321 Å². The van der Waals surface area contributed by atoms with Gasteiger partial charge in [-0.05, 0) is 19.3 Å². The van der Waals surface area contributed by atoms with E-state index in [-0.39, 0.29) is 18.9 Å². The van der Waals surface area contributed by atoms with Gasteiger partial charge >= 0.3 is 10.4 Å². The van der Waals surface area contributed by atoms with Crippen LogP contribution in [0.5, 0.6) is 0 Å². The number of carbonyl (C=O) groups excluding carboxylic acids is 1. The van der Waals surface area contributed by atoms with Gasteiger partial charge in [0.05, 0.1) is 25.4 Å². The SMILES string of the molecule is CCCCCCCCCCCCC/C=C/[C@@H](O)[C@@H](CO[C@@H]1O[C@H](CO)[C@H](O)[C@H](OS(=O)(=O)O)[C@H]1O)NC(=O)CCCCCCCCCCCCCCC. The van der Waals surface area contributed by atoms with Gasteiger partial charge in [0.15, 0.2) is 6.29 Å². The predicted octanol–water partition coefficient (Wildman–Crippen LogP) is 7.21. The van der Waals surface area contributed by atoms with Crippen LogP contribution >= 0.6 is 0 Å². The minimum Gasteiger partial charge on any atom is -0.394 e. The number of unbranched alkanes of at least 4 members (excludes halogenated alkanes) is 23. The summed E-state index contributed by atoms with van der Waals surface area (Å²) in [6.45, 7) is 3.36. The van der Waals surface area contributed by atoms with Crippen LogP contribution in [0, 0.1) is 0 Å². The van der Waals surface area contributed by atoms with Crippen molar-refractivity contribution in [3.8, 4) is 0 Å². The first-order valence-corrected chi connectivity index (χ1v) is 22.4. The Morgan fingerprint density at radius 2 is 1.19 bits per heavy atom. The van der Waals surface area contributed by atoms with E-state index in [2.05, 4.69) is 23.3 Å². The van der Waals surface area contributed by atoms with E-state index in [0.717, 1.165) is 38.5 Å². The summed E-state index contributed by atoms with van der Waals surface area (Å²) in [5.41, 5.74) is 0. The van der Waals surface area contributed by atoms with Gasteiger partial charge in [0.25, 0.3) is 0 Å². The van der Waals surface area contributed by atoms with Crippen LogP contribution in [0.25, 0.3) is 0 Å². The Bertz CT molecular complexity index is 1010. The minimum absolute atomic E-state index is 0.263. The lowest BCUT2D eigenvalue weighted by Crippen LogP contribution is -2.61. The molecule has 13 heteroatoms. The van der Waals surface area contributed by atoms with Gasteiger partial charge in [-0.1, -0.05) is 167 Å². The number of nitrogens with one attached hydrogen (secondary N) is 1. The minimum atomic E-state index is -5.08. The van der Waals surface area contributed by atoms with Crippen LogP contribution in [0.15, 0.2) is 12.2 Å². The molecule has 6 N–H and O–H groups in total. The highest BCUT2D eigenvalue weighted by Gasteiger charge is 2.48. The van der Waals surface area contributed by atoms with Gasteiger partial charge in [-0.2, -0.15) is 8.42 Å². The molecular weight excluding hydrogens is 703 g/mol. The summed E-state index contributed by atoms with van der Waals surface area (Å²) in [7, 11) is -5.08. The molecule has 0 spiro atoms. The Morgan fingerprint density at radius 3 is 1.64 bits per heavy atom. The lowest BCUT2D eigenvalue weighted by Gasteiger charge is -2.41. The van der Waals surface area contributed by atoms with Crippen LogP contribution < -0.4 is 5.32 Å². The average Bonchev–Trinajstić information content (AvgIpc) is 3.12. The summed E-state index contributed by atoms with van der Waals surface area (Å²) in [4.78, 5) is 13.0. The molecule has 0 aliphatic carbocycles. The molecule has 1 aliphatic rings. The van der Waals surface area contributed by atoms with Crippen molar-refractivity contribution < 1.29 is 51.8 Å². The van der Waals surface area contributed by atoms with Crippen molar-refractivity contribution in [2.75, 3.05) is 13.2 Å². The molecule has 7 atom stereocenters. The van der Waals surface area contributed by atoms with E-state index in [9.17, 15) is 33.6 Å². The molecule has 0 aromatic carbocycles. The zero-order valence-corrected chi connectivity index (χ0v) is 33.9. The Kier molecular flexibility index (Phi) is 30.1. The number of carbonyl (C=O) groups is 1. The zero-order chi connectivity index (χ0) is 39.2. The van der Waals surface area contributed by atoms with E-state index >= 15 is 0 Å². The van der Waals surface area contributed by atoms with E-state index in [1.54, 1.807) is 6.08 Å². The van der Waals surface area contributed by atoms with Crippen LogP contribution in [-0.4, -0.2) is 95.4 Å². The van der Waals surface area contributed by atoms with Crippen LogP contribution in [0.3, 0.4) is 0 Å². The van der Waals surface area contributed by atoms with Crippen molar-refractivity contribution in [3.63, 3.8) is 0 Å².